The van der Waals surface area contributed by atoms with Crippen LogP contribution in [0.15, 0.2) is 42.5 Å². The van der Waals surface area contributed by atoms with Crippen LogP contribution in [0.1, 0.15) is 87.9 Å². The maximum atomic E-state index is 9.51. The summed E-state index contributed by atoms with van der Waals surface area (Å²) in [5.74, 6) is 1.62. The van der Waals surface area contributed by atoms with Gasteiger partial charge in [0.05, 0.1) is 30.9 Å². The minimum Gasteiger partial charge on any atom is -0.494 e. The van der Waals surface area contributed by atoms with Crippen LogP contribution in [-0.2, 0) is 0 Å². The van der Waals surface area contributed by atoms with E-state index in [9.17, 15) is 5.26 Å². The predicted octanol–water partition coefficient (Wildman–Crippen LogP) is 6.52. The zero-order valence-electron chi connectivity index (χ0n) is 18.5. The first kappa shape index (κ1) is 23.8. The van der Waals surface area contributed by atoms with E-state index in [0.29, 0.717) is 12.2 Å². The largest absolute Gasteiger partial charge is 0.494 e. The summed E-state index contributed by atoms with van der Waals surface area (Å²) in [5.41, 5.74) is 8.83. The molecule has 0 spiro atoms. The standard InChI is InChI=1S/C26H36N2O2/c1-3-5-7-9-17-29-23-14-11-21(12-15-23)26(28)25-19-24(16-13-22(25)20-27)30-18-10-8-6-4-2/h11-16,19,26H,3-10,17-18,28H2,1-2H3. The van der Waals surface area contributed by atoms with E-state index in [1.54, 1.807) is 6.07 Å². The molecule has 0 radical (unpaired) electrons. The molecule has 2 aromatic carbocycles. The summed E-state index contributed by atoms with van der Waals surface area (Å²) in [7, 11) is 0. The van der Waals surface area contributed by atoms with Gasteiger partial charge < -0.3 is 15.2 Å². The van der Waals surface area contributed by atoms with Crippen molar-refractivity contribution in [3.05, 3.63) is 59.2 Å². The van der Waals surface area contributed by atoms with Crippen LogP contribution in [0.25, 0.3) is 0 Å². The fraction of sp³-hybridized carbons (Fsp3) is 0.500. The quantitative estimate of drug-likeness (QED) is 0.361. The van der Waals surface area contributed by atoms with Crippen molar-refractivity contribution in [3.63, 3.8) is 0 Å². The highest BCUT2D eigenvalue weighted by Gasteiger charge is 2.15. The fourth-order valence-electron chi connectivity index (χ4n) is 3.38. The van der Waals surface area contributed by atoms with E-state index in [2.05, 4.69) is 19.9 Å². The summed E-state index contributed by atoms with van der Waals surface area (Å²) < 4.78 is 11.7. The monoisotopic (exact) mass is 408 g/mol. The van der Waals surface area contributed by atoms with Crippen molar-refractivity contribution in [3.8, 4) is 17.6 Å². The summed E-state index contributed by atoms with van der Waals surface area (Å²) in [4.78, 5) is 0. The van der Waals surface area contributed by atoms with Crippen LogP contribution in [0.3, 0.4) is 0 Å². The molecule has 162 valence electrons. The molecule has 0 aliphatic heterocycles. The third kappa shape index (κ3) is 7.72. The lowest BCUT2D eigenvalue weighted by Gasteiger charge is -2.16. The molecule has 4 nitrogen and oxygen atoms in total. The Morgan fingerprint density at radius 1 is 0.800 bits per heavy atom. The maximum absolute atomic E-state index is 9.51. The Kier molecular flexibility index (Phi) is 10.8. The van der Waals surface area contributed by atoms with E-state index in [1.807, 2.05) is 36.4 Å². The molecule has 0 aromatic heterocycles. The lowest BCUT2D eigenvalue weighted by Crippen LogP contribution is -2.14. The van der Waals surface area contributed by atoms with Crippen LogP contribution >= 0.6 is 0 Å². The first-order valence-electron chi connectivity index (χ1n) is 11.3. The van der Waals surface area contributed by atoms with Gasteiger partial charge in [0.15, 0.2) is 0 Å². The molecule has 2 rings (SSSR count). The van der Waals surface area contributed by atoms with E-state index in [4.69, 9.17) is 15.2 Å². The molecule has 0 aliphatic carbocycles. The molecular formula is C26H36N2O2. The van der Waals surface area contributed by atoms with E-state index >= 15 is 0 Å². The molecule has 2 N–H and O–H groups in total. The van der Waals surface area contributed by atoms with Crippen LogP contribution < -0.4 is 15.2 Å². The second kappa shape index (κ2) is 13.7. The smallest absolute Gasteiger partial charge is 0.119 e. The lowest BCUT2D eigenvalue weighted by molar-refractivity contribution is 0.304. The first-order chi connectivity index (χ1) is 14.7. The average molecular weight is 409 g/mol. The second-order valence-electron chi connectivity index (χ2n) is 7.73. The van der Waals surface area contributed by atoms with Crippen molar-refractivity contribution in [2.75, 3.05) is 13.2 Å². The SMILES string of the molecule is CCCCCCOc1ccc(C(N)c2cc(OCCCCCC)ccc2C#N)cc1. The molecule has 0 saturated heterocycles. The summed E-state index contributed by atoms with van der Waals surface area (Å²) in [6.07, 6.45) is 9.40. The second-order valence-corrected chi connectivity index (χ2v) is 7.73. The molecule has 1 unspecified atom stereocenters. The van der Waals surface area contributed by atoms with Gasteiger partial charge in [0, 0.05) is 0 Å². The number of nitrogens with two attached hydrogens (primary N) is 1. The van der Waals surface area contributed by atoms with Gasteiger partial charge in [-0.3, -0.25) is 0 Å². The Bertz CT molecular complexity index is 781. The minimum absolute atomic E-state index is 0.387. The Morgan fingerprint density at radius 2 is 1.37 bits per heavy atom. The summed E-state index contributed by atoms with van der Waals surface area (Å²) in [6, 6.07) is 15.3. The van der Waals surface area contributed by atoms with Gasteiger partial charge in [0.25, 0.3) is 0 Å². The summed E-state index contributed by atoms with van der Waals surface area (Å²) in [6.45, 7) is 5.82. The summed E-state index contributed by atoms with van der Waals surface area (Å²) >= 11 is 0. The number of hydrogen-bond donors (Lipinski definition) is 1. The molecule has 0 amide bonds. The molecule has 0 aliphatic rings. The van der Waals surface area contributed by atoms with E-state index in [1.165, 1.54) is 38.5 Å². The first-order valence-corrected chi connectivity index (χ1v) is 11.3. The Hall–Kier alpha value is -2.51. The van der Waals surface area contributed by atoms with Gasteiger partial charge in [-0.05, 0) is 54.3 Å². The maximum Gasteiger partial charge on any atom is 0.119 e. The molecule has 0 bridgehead atoms. The topological polar surface area (TPSA) is 68.3 Å². The van der Waals surface area contributed by atoms with Crippen LogP contribution in [0.5, 0.6) is 11.5 Å². The van der Waals surface area contributed by atoms with E-state index in [-0.39, 0.29) is 6.04 Å². The highest BCUT2D eigenvalue weighted by molar-refractivity contribution is 5.48. The van der Waals surface area contributed by atoms with Crippen molar-refractivity contribution in [1.29, 1.82) is 5.26 Å². The molecule has 0 saturated carbocycles. The summed E-state index contributed by atoms with van der Waals surface area (Å²) in [5, 5.41) is 9.51. The van der Waals surface area contributed by atoms with Crippen molar-refractivity contribution >= 4 is 0 Å². The Labute approximate surface area is 182 Å². The van der Waals surface area contributed by atoms with Crippen LogP contribution in [0.2, 0.25) is 0 Å². The highest BCUT2D eigenvalue weighted by Crippen LogP contribution is 2.28. The van der Waals surface area contributed by atoms with Gasteiger partial charge in [-0.1, -0.05) is 64.5 Å². The highest BCUT2D eigenvalue weighted by atomic mass is 16.5. The number of hydrogen-bond acceptors (Lipinski definition) is 4. The average Bonchev–Trinajstić information content (AvgIpc) is 2.78. The molecule has 2 aromatic rings. The third-order valence-corrected chi connectivity index (χ3v) is 5.25. The minimum atomic E-state index is -0.387. The van der Waals surface area contributed by atoms with Crippen LogP contribution in [0, 0.1) is 11.3 Å². The zero-order chi connectivity index (χ0) is 21.6. The number of nitriles is 1. The molecular weight excluding hydrogens is 372 g/mol. The molecule has 4 heteroatoms. The normalized spacial score (nSPS) is 11.7. The van der Waals surface area contributed by atoms with Gasteiger partial charge in [0.2, 0.25) is 0 Å². The number of rotatable bonds is 14. The molecule has 30 heavy (non-hydrogen) atoms. The Balaban J connectivity index is 1.99. The van der Waals surface area contributed by atoms with Gasteiger partial charge in [-0.2, -0.15) is 5.26 Å². The number of benzene rings is 2. The molecule has 1 atom stereocenters. The number of nitrogens with zero attached hydrogens (tertiary/aromatic N) is 1. The van der Waals surface area contributed by atoms with Gasteiger partial charge in [-0.15, -0.1) is 0 Å². The fourth-order valence-corrected chi connectivity index (χ4v) is 3.38. The Morgan fingerprint density at radius 3 is 1.93 bits per heavy atom. The molecule has 0 fully saturated rings. The predicted molar refractivity (Wildman–Crippen MR) is 123 cm³/mol. The van der Waals surface area contributed by atoms with E-state index in [0.717, 1.165) is 42.1 Å². The van der Waals surface area contributed by atoms with Crippen molar-refractivity contribution in [2.45, 2.75) is 71.3 Å². The molecule has 0 heterocycles. The lowest BCUT2D eigenvalue weighted by atomic mass is 9.95. The van der Waals surface area contributed by atoms with Crippen LogP contribution in [-0.4, -0.2) is 13.2 Å². The number of unbranched alkanes of at least 4 members (excludes halogenated alkanes) is 6. The van der Waals surface area contributed by atoms with Crippen molar-refractivity contribution in [1.82, 2.24) is 0 Å². The van der Waals surface area contributed by atoms with Gasteiger partial charge in [0.1, 0.15) is 11.5 Å². The third-order valence-electron chi connectivity index (χ3n) is 5.25. The number of ether oxygens (including phenoxy) is 2. The van der Waals surface area contributed by atoms with Gasteiger partial charge >= 0.3 is 0 Å². The van der Waals surface area contributed by atoms with E-state index < -0.39 is 0 Å². The van der Waals surface area contributed by atoms with Gasteiger partial charge in [-0.25, -0.2) is 0 Å². The van der Waals surface area contributed by atoms with Crippen molar-refractivity contribution < 1.29 is 9.47 Å². The zero-order valence-corrected chi connectivity index (χ0v) is 18.5. The van der Waals surface area contributed by atoms with Crippen molar-refractivity contribution in [2.24, 2.45) is 5.73 Å². The van der Waals surface area contributed by atoms with Crippen LogP contribution in [0.4, 0.5) is 0 Å².